The molecule has 8 nitrogen and oxygen atoms in total. The lowest BCUT2D eigenvalue weighted by Gasteiger charge is -2.07. The number of nitrogens with one attached hydrogen (secondary N) is 2. The van der Waals surface area contributed by atoms with Gasteiger partial charge in [-0.05, 0) is 11.6 Å². The number of imide groups is 1. The highest BCUT2D eigenvalue weighted by molar-refractivity contribution is 6.31. The van der Waals surface area contributed by atoms with E-state index in [1.54, 1.807) is 24.3 Å². The second-order valence-electron chi connectivity index (χ2n) is 3.89. The standard InChI is InChI=1S/C12H10ClN5O3/c13-9-4-2-1-3-8(9)5-18-11(14-6-19)10(16-17-18)12(21)15-7-20/h1-4,6-7H,5H2,(H,14,19)(H,15,20,21). The Hall–Kier alpha value is -2.74. The summed E-state index contributed by atoms with van der Waals surface area (Å²) < 4.78 is 1.30. The molecule has 0 aliphatic carbocycles. The molecule has 0 unspecified atom stereocenters. The van der Waals surface area contributed by atoms with E-state index in [1.165, 1.54) is 4.68 Å². The average molecular weight is 308 g/mol. The zero-order chi connectivity index (χ0) is 15.2. The summed E-state index contributed by atoms with van der Waals surface area (Å²) in [6.45, 7) is 0.206. The first-order chi connectivity index (χ1) is 10.2. The van der Waals surface area contributed by atoms with Crippen LogP contribution < -0.4 is 10.6 Å². The van der Waals surface area contributed by atoms with Gasteiger partial charge in [-0.15, -0.1) is 5.10 Å². The fourth-order valence-corrected chi connectivity index (χ4v) is 1.88. The predicted octanol–water partition coefficient (Wildman–Crippen LogP) is 0.434. The van der Waals surface area contributed by atoms with Crippen LogP contribution in [0, 0.1) is 0 Å². The molecule has 0 radical (unpaired) electrons. The normalized spacial score (nSPS) is 9.95. The van der Waals surface area contributed by atoms with Crippen LogP contribution in [0.25, 0.3) is 0 Å². The van der Waals surface area contributed by atoms with Crippen molar-refractivity contribution in [1.82, 2.24) is 20.3 Å². The van der Waals surface area contributed by atoms with Crippen LogP contribution in [0.1, 0.15) is 16.1 Å². The van der Waals surface area contributed by atoms with Crippen molar-refractivity contribution in [2.75, 3.05) is 5.32 Å². The summed E-state index contributed by atoms with van der Waals surface area (Å²) in [4.78, 5) is 32.6. The lowest BCUT2D eigenvalue weighted by Crippen LogP contribution is -2.23. The van der Waals surface area contributed by atoms with Gasteiger partial charge >= 0.3 is 0 Å². The Labute approximate surface area is 124 Å². The Morgan fingerprint density at radius 3 is 2.71 bits per heavy atom. The maximum atomic E-state index is 11.6. The first kappa shape index (κ1) is 14.7. The molecule has 0 fully saturated rings. The van der Waals surface area contributed by atoms with Crippen molar-refractivity contribution in [3.63, 3.8) is 0 Å². The van der Waals surface area contributed by atoms with Gasteiger partial charge in [0.1, 0.15) is 0 Å². The maximum absolute atomic E-state index is 11.6. The van der Waals surface area contributed by atoms with Gasteiger partial charge in [-0.1, -0.05) is 35.0 Å². The molecule has 2 N–H and O–H groups in total. The molecule has 1 aromatic heterocycles. The number of amides is 3. The number of anilines is 1. The minimum atomic E-state index is -0.764. The van der Waals surface area contributed by atoms with Crippen LogP contribution in [0.15, 0.2) is 24.3 Å². The smallest absolute Gasteiger partial charge is 0.282 e. The van der Waals surface area contributed by atoms with E-state index in [1.807, 2.05) is 5.32 Å². The van der Waals surface area contributed by atoms with Crippen LogP contribution in [0.2, 0.25) is 5.02 Å². The van der Waals surface area contributed by atoms with E-state index >= 15 is 0 Å². The molecule has 0 aliphatic heterocycles. The number of carbonyl (C=O) groups excluding carboxylic acids is 3. The predicted molar refractivity (Wildman–Crippen MR) is 73.8 cm³/mol. The number of rotatable bonds is 6. The second kappa shape index (κ2) is 6.62. The van der Waals surface area contributed by atoms with Gasteiger partial charge in [-0.2, -0.15) is 0 Å². The summed E-state index contributed by atoms with van der Waals surface area (Å²) >= 11 is 6.05. The minimum absolute atomic E-state index is 0.0734. The van der Waals surface area contributed by atoms with Crippen molar-refractivity contribution in [3.05, 3.63) is 40.5 Å². The number of nitrogens with zero attached hydrogens (tertiary/aromatic N) is 3. The van der Waals surface area contributed by atoms with Gasteiger partial charge < -0.3 is 5.32 Å². The molecule has 21 heavy (non-hydrogen) atoms. The van der Waals surface area contributed by atoms with Crippen LogP contribution in [0.5, 0.6) is 0 Å². The van der Waals surface area contributed by atoms with Crippen LogP contribution >= 0.6 is 11.6 Å². The quantitative estimate of drug-likeness (QED) is 0.753. The van der Waals surface area contributed by atoms with E-state index in [9.17, 15) is 14.4 Å². The molecule has 2 aromatic rings. The average Bonchev–Trinajstić information content (AvgIpc) is 2.85. The molecular weight excluding hydrogens is 298 g/mol. The van der Waals surface area contributed by atoms with E-state index in [-0.39, 0.29) is 24.5 Å². The number of hydrogen-bond donors (Lipinski definition) is 2. The lowest BCUT2D eigenvalue weighted by molar-refractivity contribution is -0.108. The number of benzene rings is 1. The Balaban J connectivity index is 2.35. The van der Waals surface area contributed by atoms with E-state index in [0.29, 0.717) is 11.4 Å². The van der Waals surface area contributed by atoms with Crippen molar-refractivity contribution in [2.45, 2.75) is 6.54 Å². The van der Waals surface area contributed by atoms with Gasteiger partial charge in [-0.25, -0.2) is 4.68 Å². The third-order valence-electron chi connectivity index (χ3n) is 2.61. The van der Waals surface area contributed by atoms with Gasteiger partial charge in [0.15, 0.2) is 11.5 Å². The Kier molecular flexibility index (Phi) is 4.62. The first-order valence-corrected chi connectivity index (χ1v) is 6.16. The molecule has 0 atom stereocenters. The van der Waals surface area contributed by atoms with Crippen molar-refractivity contribution in [1.29, 1.82) is 0 Å². The van der Waals surface area contributed by atoms with Gasteiger partial charge in [0.25, 0.3) is 5.91 Å². The van der Waals surface area contributed by atoms with Crippen molar-refractivity contribution in [2.24, 2.45) is 0 Å². The summed E-state index contributed by atoms with van der Waals surface area (Å²) in [6, 6.07) is 7.06. The molecule has 1 heterocycles. The van der Waals surface area contributed by atoms with E-state index < -0.39 is 5.91 Å². The van der Waals surface area contributed by atoms with Crippen molar-refractivity contribution in [3.8, 4) is 0 Å². The monoisotopic (exact) mass is 307 g/mol. The summed E-state index contributed by atoms with van der Waals surface area (Å²) in [5.74, 6) is -0.691. The number of hydrogen-bond acceptors (Lipinski definition) is 5. The van der Waals surface area contributed by atoms with E-state index in [4.69, 9.17) is 11.6 Å². The zero-order valence-electron chi connectivity index (χ0n) is 10.6. The van der Waals surface area contributed by atoms with E-state index in [2.05, 4.69) is 15.6 Å². The molecule has 0 bridgehead atoms. The van der Waals surface area contributed by atoms with Crippen molar-refractivity contribution >= 4 is 36.1 Å². The highest BCUT2D eigenvalue weighted by atomic mass is 35.5. The molecule has 108 valence electrons. The number of carbonyl (C=O) groups is 3. The zero-order valence-corrected chi connectivity index (χ0v) is 11.4. The third kappa shape index (κ3) is 3.23. The van der Waals surface area contributed by atoms with Gasteiger partial charge in [-0.3, -0.25) is 19.7 Å². The fraction of sp³-hybridized carbons (Fsp3) is 0.0833. The molecule has 0 spiro atoms. The van der Waals surface area contributed by atoms with Crippen LogP contribution in [0.3, 0.4) is 0 Å². The highest BCUT2D eigenvalue weighted by Crippen LogP contribution is 2.19. The number of halogens is 1. The molecule has 0 aliphatic rings. The van der Waals surface area contributed by atoms with Gasteiger partial charge in [0.2, 0.25) is 12.8 Å². The molecule has 3 amide bonds. The molecule has 0 saturated heterocycles. The van der Waals surface area contributed by atoms with Crippen molar-refractivity contribution < 1.29 is 14.4 Å². The minimum Gasteiger partial charge on any atom is -0.311 e. The molecule has 1 aromatic carbocycles. The summed E-state index contributed by atoms with van der Waals surface area (Å²) in [7, 11) is 0. The highest BCUT2D eigenvalue weighted by Gasteiger charge is 2.19. The fourth-order valence-electron chi connectivity index (χ4n) is 1.69. The SMILES string of the molecule is O=CNC(=O)c1nnn(Cc2ccccc2Cl)c1NC=O. The van der Waals surface area contributed by atoms with Crippen LogP contribution in [0.4, 0.5) is 5.82 Å². The summed E-state index contributed by atoms with van der Waals surface area (Å²) in [5, 5.41) is 12.2. The molecular formula is C12H10ClN5O3. The number of aromatic nitrogens is 3. The van der Waals surface area contributed by atoms with Gasteiger partial charge in [0, 0.05) is 5.02 Å². The van der Waals surface area contributed by atoms with Crippen LogP contribution in [-0.2, 0) is 16.1 Å². The molecule has 9 heteroatoms. The Morgan fingerprint density at radius 2 is 2.05 bits per heavy atom. The van der Waals surface area contributed by atoms with Gasteiger partial charge in [0.05, 0.1) is 6.54 Å². The first-order valence-electron chi connectivity index (χ1n) is 5.79. The second-order valence-corrected chi connectivity index (χ2v) is 4.30. The topological polar surface area (TPSA) is 106 Å². The maximum Gasteiger partial charge on any atom is 0.282 e. The lowest BCUT2D eigenvalue weighted by atomic mass is 10.2. The summed E-state index contributed by atoms with van der Waals surface area (Å²) in [6.07, 6.45) is 0.611. The largest absolute Gasteiger partial charge is 0.311 e. The van der Waals surface area contributed by atoms with Crippen LogP contribution in [-0.4, -0.2) is 33.7 Å². The Morgan fingerprint density at radius 1 is 1.29 bits per heavy atom. The van der Waals surface area contributed by atoms with E-state index in [0.717, 1.165) is 5.56 Å². The summed E-state index contributed by atoms with van der Waals surface area (Å²) in [5.41, 5.74) is 0.571. The molecule has 0 saturated carbocycles. The third-order valence-corrected chi connectivity index (χ3v) is 2.98. The molecule has 2 rings (SSSR count). The Bertz CT molecular complexity index is 685.